The van der Waals surface area contributed by atoms with E-state index < -0.39 is 0 Å². The average molecular weight is 425 g/mol. The van der Waals surface area contributed by atoms with Gasteiger partial charge in [0.25, 0.3) is 0 Å². The van der Waals surface area contributed by atoms with E-state index >= 15 is 0 Å². The summed E-state index contributed by atoms with van der Waals surface area (Å²) in [4.78, 5) is 26.1. The smallest absolute Gasteiger partial charge is 0.228 e. The average Bonchev–Trinajstić information content (AvgIpc) is 3.15. The molecule has 2 aromatic heterocycles. The van der Waals surface area contributed by atoms with Crippen LogP contribution in [0, 0.1) is 12.3 Å². The van der Waals surface area contributed by atoms with Crippen LogP contribution in [0.15, 0.2) is 24.4 Å². The molecule has 0 N–H and O–H groups in total. The summed E-state index contributed by atoms with van der Waals surface area (Å²) in [5, 5.41) is 0. The number of hydrogen-bond acceptors (Lipinski definition) is 6. The Kier molecular flexibility index (Phi) is 5.77. The molecule has 0 unspecified atom stereocenters. The third kappa shape index (κ3) is 4.60. The number of methoxy groups -OCH3 is 1. The number of pyridine rings is 2. The van der Waals surface area contributed by atoms with E-state index in [2.05, 4.69) is 22.9 Å². The van der Waals surface area contributed by atoms with Crippen molar-refractivity contribution in [2.75, 3.05) is 25.1 Å². The molecule has 0 spiro atoms. The summed E-state index contributed by atoms with van der Waals surface area (Å²) in [6.45, 7) is 11.1. The van der Waals surface area contributed by atoms with Gasteiger partial charge in [-0.1, -0.05) is 20.8 Å². The molecule has 166 valence electrons. The second-order valence-electron chi connectivity index (χ2n) is 9.49. The van der Waals surface area contributed by atoms with E-state index in [1.165, 1.54) is 11.1 Å². The highest BCUT2D eigenvalue weighted by Crippen LogP contribution is 2.31. The van der Waals surface area contributed by atoms with Gasteiger partial charge >= 0.3 is 0 Å². The quantitative estimate of drug-likeness (QED) is 0.745. The van der Waals surface area contributed by atoms with E-state index in [1.54, 1.807) is 13.3 Å². The molecule has 2 aliphatic rings. The van der Waals surface area contributed by atoms with Gasteiger partial charge in [0.2, 0.25) is 11.8 Å². The lowest BCUT2D eigenvalue weighted by Gasteiger charge is -2.34. The van der Waals surface area contributed by atoms with Crippen LogP contribution in [0.4, 0.5) is 5.82 Å². The minimum Gasteiger partial charge on any atom is -0.489 e. The Labute approximate surface area is 184 Å². The van der Waals surface area contributed by atoms with Gasteiger partial charge < -0.3 is 19.3 Å². The third-order valence-corrected chi connectivity index (χ3v) is 5.95. The zero-order valence-electron chi connectivity index (χ0n) is 19.1. The second kappa shape index (κ2) is 8.36. The van der Waals surface area contributed by atoms with Crippen LogP contribution in [-0.2, 0) is 17.9 Å². The van der Waals surface area contributed by atoms with Crippen molar-refractivity contribution in [3.63, 3.8) is 0 Å². The molecule has 31 heavy (non-hydrogen) atoms. The molecule has 1 amide bonds. The SMILES string of the molecule is COc1ccc(OC2CCN(c3nc4c(cc3C)CN(C(=O)C(C)(C)C)C4)CC2)cn1. The fraction of sp³-hybridized carbons (Fsp3) is 0.542. The molecular formula is C24H32N4O3. The lowest BCUT2D eigenvalue weighted by atomic mass is 9.95. The number of aromatic nitrogens is 2. The first-order chi connectivity index (χ1) is 14.7. The van der Waals surface area contributed by atoms with Gasteiger partial charge in [-0.25, -0.2) is 9.97 Å². The van der Waals surface area contributed by atoms with Crippen molar-refractivity contribution in [2.45, 2.75) is 59.7 Å². The summed E-state index contributed by atoms with van der Waals surface area (Å²) >= 11 is 0. The number of anilines is 1. The van der Waals surface area contributed by atoms with E-state index in [-0.39, 0.29) is 17.4 Å². The molecular weight excluding hydrogens is 392 g/mol. The highest BCUT2D eigenvalue weighted by atomic mass is 16.5. The first kappa shape index (κ1) is 21.4. The highest BCUT2D eigenvalue weighted by Gasteiger charge is 2.33. The summed E-state index contributed by atoms with van der Waals surface area (Å²) < 4.78 is 11.2. The van der Waals surface area contributed by atoms with Gasteiger partial charge in [0, 0.05) is 44.0 Å². The number of ether oxygens (including phenoxy) is 2. The summed E-state index contributed by atoms with van der Waals surface area (Å²) in [5.74, 6) is 2.57. The molecule has 0 saturated carbocycles. The van der Waals surface area contributed by atoms with Crippen molar-refractivity contribution in [1.82, 2.24) is 14.9 Å². The molecule has 2 aliphatic heterocycles. The van der Waals surface area contributed by atoms with E-state index in [0.717, 1.165) is 43.2 Å². The maximum absolute atomic E-state index is 12.7. The Bertz CT molecular complexity index is 945. The lowest BCUT2D eigenvalue weighted by Crippen LogP contribution is -2.39. The number of fused-ring (bicyclic) bond motifs is 1. The molecule has 4 heterocycles. The monoisotopic (exact) mass is 424 g/mol. The van der Waals surface area contributed by atoms with Gasteiger partial charge in [0.05, 0.1) is 25.5 Å². The number of amides is 1. The maximum Gasteiger partial charge on any atom is 0.228 e. The molecule has 0 radical (unpaired) electrons. The van der Waals surface area contributed by atoms with Gasteiger partial charge in [0.15, 0.2) is 0 Å². The van der Waals surface area contributed by atoms with Crippen molar-refractivity contribution in [1.29, 1.82) is 0 Å². The predicted octanol–water partition coefficient (Wildman–Crippen LogP) is 3.73. The van der Waals surface area contributed by atoms with Gasteiger partial charge in [-0.05, 0) is 30.2 Å². The molecule has 1 fully saturated rings. The minimum atomic E-state index is -0.374. The summed E-state index contributed by atoms with van der Waals surface area (Å²) in [6.07, 6.45) is 3.74. The number of carbonyl (C=O) groups is 1. The molecule has 7 nitrogen and oxygen atoms in total. The Morgan fingerprint density at radius 3 is 2.52 bits per heavy atom. The number of aryl methyl sites for hydroxylation is 1. The van der Waals surface area contributed by atoms with E-state index in [0.29, 0.717) is 19.0 Å². The van der Waals surface area contributed by atoms with Crippen LogP contribution in [0.5, 0.6) is 11.6 Å². The molecule has 0 aromatic carbocycles. The van der Waals surface area contributed by atoms with Crippen LogP contribution in [-0.4, -0.2) is 47.1 Å². The predicted molar refractivity (Wildman–Crippen MR) is 119 cm³/mol. The van der Waals surface area contributed by atoms with Crippen molar-refractivity contribution >= 4 is 11.7 Å². The van der Waals surface area contributed by atoms with Gasteiger partial charge in [-0.2, -0.15) is 0 Å². The first-order valence-corrected chi connectivity index (χ1v) is 10.9. The first-order valence-electron chi connectivity index (χ1n) is 10.9. The summed E-state index contributed by atoms with van der Waals surface area (Å²) in [7, 11) is 1.60. The number of nitrogens with zero attached hydrogens (tertiary/aromatic N) is 4. The number of hydrogen-bond donors (Lipinski definition) is 0. The van der Waals surface area contributed by atoms with Gasteiger partial charge in [0.1, 0.15) is 17.7 Å². The van der Waals surface area contributed by atoms with E-state index in [1.807, 2.05) is 37.8 Å². The van der Waals surface area contributed by atoms with Crippen molar-refractivity contribution in [3.05, 3.63) is 41.2 Å². The van der Waals surface area contributed by atoms with Crippen molar-refractivity contribution in [2.24, 2.45) is 5.41 Å². The molecule has 2 aromatic rings. The van der Waals surface area contributed by atoms with Crippen molar-refractivity contribution in [3.8, 4) is 11.6 Å². The Morgan fingerprint density at radius 2 is 1.90 bits per heavy atom. The van der Waals surface area contributed by atoms with E-state index in [9.17, 15) is 4.79 Å². The normalized spacial score (nSPS) is 16.9. The zero-order chi connectivity index (χ0) is 22.2. The molecule has 0 bridgehead atoms. The fourth-order valence-corrected chi connectivity index (χ4v) is 4.29. The number of carbonyl (C=O) groups excluding carboxylic acids is 1. The van der Waals surface area contributed by atoms with Crippen molar-refractivity contribution < 1.29 is 14.3 Å². The number of rotatable bonds is 4. The van der Waals surface area contributed by atoms with Crippen LogP contribution in [0.3, 0.4) is 0 Å². The zero-order valence-corrected chi connectivity index (χ0v) is 19.1. The van der Waals surface area contributed by atoms with E-state index in [4.69, 9.17) is 14.5 Å². The summed E-state index contributed by atoms with van der Waals surface area (Å²) in [5.41, 5.74) is 2.99. The Hall–Kier alpha value is -2.83. The van der Waals surface area contributed by atoms with Gasteiger partial charge in [-0.3, -0.25) is 4.79 Å². The Morgan fingerprint density at radius 1 is 1.16 bits per heavy atom. The van der Waals surface area contributed by atoms with Crippen LogP contribution in [0.25, 0.3) is 0 Å². The minimum absolute atomic E-state index is 0.168. The Balaban J connectivity index is 1.39. The molecule has 0 atom stereocenters. The van der Waals surface area contributed by atoms with Crippen LogP contribution in [0.2, 0.25) is 0 Å². The van der Waals surface area contributed by atoms with Crippen LogP contribution in [0.1, 0.15) is 50.4 Å². The lowest BCUT2D eigenvalue weighted by molar-refractivity contribution is -0.140. The standard InChI is InChI=1S/C24H32N4O3/c1-16-12-17-14-28(23(29)24(2,3)4)15-20(17)26-22(16)27-10-8-18(9-11-27)31-19-6-7-21(30-5)25-13-19/h6-7,12-13,18H,8-11,14-15H2,1-5H3. The largest absolute Gasteiger partial charge is 0.489 e. The molecule has 1 saturated heterocycles. The third-order valence-electron chi connectivity index (χ3n) is 5.95. The maximum atomic E-state index is 12.7. The number of piperidine rings is 1. The second-order valence-corrected chi connectivity index (χ2v) is 9.49. The van der Waals surface area contributed by atoms with Gasteiger partial charge in [-0.15, -0.1) is 0 Å². The topological polar surface area (TPSA) is 67.8 Å². The summed E-state index contributed by atoms with van der Waals surface area (Å²) in [6, 6.07) is 5.92. The molecule has 4 rings (SSSR count). The fourth-order valence-electron chi connectivity index (χ4n) is 4.29. The highest BCUT2D eigenvalue weighted by molar-refractivity contribution is 5.82. The van der Waals surface area contributed by atoms with Crippen LogP contribution < -0.4 is 14.4 Å². The molecule has 7 heteroatoms. The van der Waals surface area contributed by atoms with Crippen LogP contribution >= 0.6 is 0 Å². The molecule has 0 aliphatic carbocycles.